The van der Waals surface area contributed by atoms with Crippen LogP contribution < -0.4 is 0 Å². The van der Waals surface area contributed by atoms with Crippen LogP contribution in [-0.4, -0.2) is 197 Å². The van der Waals surface area contributed by atoms with Crippen molar-refractivity contribution >= 4 is 5.78 Å². The fourth-order valence-corrected chi connectivity index (χ4v) is 14.0. The van der Waals surface area contributed by atoms with Gasteiger partial charge in [0, 0.05) is 17.3 Å². The number of fused-ring (bicyclic) bond motifs is 5. The van der Waals surface area contributed by atoms with E-state index in [0.717, 1.165) is 18.4 Å². The summed E-state index contributed by atoms with van der Waals surface area (Å²) in [5, 5.41) is 126. The number of ketones is 1. The molecule has 0 bridgehead atoms. The summed E-state index contributed by atoms with van der Waals surface area (Å²) in [5.74, 6) is 0.405. The highest BCUT2D eigenvalue weighted by Gasteiger charge is 2.70. The Labute approximate surface area is 393 Å². The molecule has 4 aliphatic carbocycles. The second-order valence-electron chi connectivity index (χ2n) is 22.8. The zero-order chi connectivity index (χ0) is 49.5. The summed E-state index contributed by atoms with van der Waals surface area (Å²) in [6, 6.07) is 0. The Kier molecular flexibility index (Phi) is 15.7. The fraction of sp³-hybridized carbons (Fsp3) is 0.938. The van der Waals surface area contributed by atoms with Crippen molar-refractivity contribution < 1.29 is 94.5 Å². The third kappa shape index (κ3) is 9.04. The van der Waals surface area contributed by atoms with E-state index in [1.54, 1.807) is 13.8 Å². The minimum Gasteiger partial charge on any atom is -0.394 e. The molecular weight excluding hydrogens is 881 g/mol. The average Bonchev–Trinajstić information content (AvgIpc) is 3.54. The maximum absolute atomic E-state index is 15.0. The van der Waals surface area contributed by atoms with E-state index in [4.69, 9.17) is 28.4 Å². The van der Waals surface area contributed by atoms with Crippen LogP contribution in [0.2, 0.25) is 0 Å². The molecule has 3 saturated carbocycles. The van der Waals surface area contributed by atoms with Crippen LogP contribution in [-0.2, 0) is 33.2 Å². The zero-order valence-electron chi connectivity index (χ0n) is 40.2. The summed E-state index contributed by atoms with van der Waals surface area (Å²) in [5.41, 5.74) is -2.17. The number of carbonyl (C=O) groups is 1. The number of carbonyl (C=O) groups excluding carboxylic acids is 1. The molecule has 19 heteroatoms. The lowest BCUT2D eigenvalue weighted by Crippen LogP contribution is -2.65. The maximum Gasteiger partial charge on any atom is 0.187 e. The smallest absolute Gasteiger partial charge is 0.187 e. The number of aliphatic hydroxyl groups excluding tert-OH is 11. The molecule has 12 N–H and O–H groups in total. The number of hydrogen-bond donors (Lipinski definition) is 12. The summed E-state index contributed by atoms with van der Waals surface area (Å²) in [6.45, 7) is 14.2. The Bertz CT molecular complexity index is 1750. The van der Waals surface area contributed by atoms with E-state index >= 15 is 4.79 Å². The van der Waals surface area contributed by atoms with Gasteiger partial charge in [0.15, 0.2) is 18.9 Å². The van der Waals surface area contributed by atoms with Gasteiger partial charge < -0.3 is 89.7 Å². The standard InChI is InChI=1S/C48H80O19/c1-21(9-13-31(45(4,5)61)66-43-40(37(58)34(55)27(20-51)64-43)67-42-39(60)36(57)33(54)26(19-50)63-42)22-15-16-46(6)28-12-10-23-24(48(28,8)29(52)17-47(22,46)7)11-14-30(44(23,2)3)65-41-38(59)35(56)32(53)25(18-49)62-41/h10,21-22,24-28,30-43,49-51,53-61H,9,11-20H2,1-8H3/t21-,22?,24?,25-,26+,27-,28?,30+,31-,32-,33+,34-,35+,36-,37+,38-,39+,40-,41+,42-,43+,46+,47-,48+/m1/s1. The molecule has 67 heavy (non-hydrogen) atoms. The summed E-state index contributed by atoms with van der Waals surface area (Å²) >= 11 is 0. The minimum atomic E-state index is -1.84. The molecule has 7 aliphatic rings. The Morgan fingerprint density at radius 3 is 1.75 bits per heavy atom. The molecule has 7 rings (SSSR count). The molecule has 3 heterocycles. The third-order valence-electron chi connectivity index (χ3n) is 18.4. The van der Waals surface area contributed by atoms with Crippen LogP contribution in [0.3, 0.4) is 0 Å². The number of hydrogen-bond acceptors (Lipinski definition) is 19. The molecule has 386 valence electrons. The van der Waals surface area contributed by atoms with Crippen molar-refractivity contribution in [2.24, 2.45) is 45.3 Å². The fourth-order valence-electron chi connectivity index (χ4n) is 14.0. The highest BCUT2D eigenvalue weighted by Crippen LogP contribution is 2.74. The number of Topliss-reactive ketones (excluding diaryl/α,β-unsaturated/α-hetero) is 1. The van der Waals surface area contributed by atoms with Crippen LogP contribution in [0.4, 0.5) is 0 Å². The Morgan fingerprint density at radius 2 is 1.21 bits per heavy atom. The largest absolute Gasteiger partial charge is 0.394 e. The first-order valence-electron chi connectivity index (χ1n) is 24.4. The van der Waals surface area contributed by atoms with Gasteiger partial charge in [-0.3, -0.25) is 4.79 Å². The van der Waals surface area contributed by atoms with Crippen molar-refractivity contribution in [3.63, 3.8) is 0 Å². The van der Waals surface area contributed by atoms with E-state index in [2.05, 4.69) is 47.6 Å². The quantitative estimate of drug-likeness (QED) is 0.0944. The van der Waals surface area contributed by atoms with Gasteiger partial charge in [0.2, 0.25) is 0 Å². The molecule has 0 radical (unpaired) electrons. The van der Waals surface area contributed by atoms with Crippen molar-refractivity contribution in [3.8, 4) is 0 Å². The van der Waals surface area contributed by atoms with Gasteiger partial charge >= 0.3 is 0 Å². The zero-order valence-corrected chi connectivity index (χ0v) is 40.2. The molecule has 0 aromatic rings. The van der Waals surface area contributed by atoms with E-state index in [0.29, 0.717) is 32.1 Å². The summed E-state index contributed by atoms with van der Waals surface area (Å²) in [4.78, 5) is 15.0. The number of aliphatic hydroxyl groups is 12. The predicted octanol–water partition coefficient (Wildman–Crippen LogP) is -0.848. The van der Waals surface area contributed by atoms with Crippen molar-refractivity contribution in [1.29, 1.82) is 0 Å². The van der Waals surface area contributed by atoms with Crippen molar-refractivity contribution in [2.75, 3.05) is 19.8 Å². The first-order valence-corrected chi connectivity index (χ1v) is 24.4. The van der Waals surface area contributed by atoms with Gasteiger partial charge in [0.25, 0.3) is 0 Å². The van der Waals surface area contributed by atoms with Crippen LogP contribution >= 0.6 is 0 Å². The topological polar surface area (TPSA) is 315 Å². The molecule has 24 atom stereocenters. The normalized spacial score (nSPS) is 49.9. The van der Waals surface area contributed by atoms with Crippen molar-refractivity contribution in [2.45, 2.75) is 217 Å². The Balaban J connectivity index is 1.06. The van der Waals surface area contributed by atoms with E-state index in [1.165, 1.54) is 0 Å². The summed E-state index contributed by atoms with van der Waals surface area (Å²) in [7, 11) is 0. The van der Waals surface area contributed by atoms with Gasteiger partial charge in [-0.25, -0.2) is 0 Å². The van der Waals surface area contributed by atoms with Crippen LogP contribution in [0.25, 0.3) is 0 Å². The lowest BCUT2D eigenvalue weighted by Gasteiger charge is -2.65. The Morgan fingerprint density at radius 1 is 0.687 bits per heavy atom. The van der Waals surface area contributed by atoms with E-state index in [9.17, 15) is 61.3 Å². The second-order valence-corrected chi connectivity index (χ2v) is 22.8. The molecule has 3 saturated heterocycles. The second kappa shape index (κ2) is 19.6. The molecule has 0 amide bonds. The van der Waals surface area contributed by atoms with Crippen molar-refractivity contribution in [1.82, 2.24) is 0 Å². The molecule has 0 aromatic heterocycles. The lowest BCUT2D eigenvalue weighted by atomic mass is 9.38. The Hall–Kier alpha value is -1.31. The summed E-state index contributed by atoms with van der Waals surface area (Å²) in [6.07, 6.45) is -17.4. The van der Waals surface area contributed by atoms with Gasteiger partial charge in [-0.05, 0) is 93.3 Å². The molecule has 3 unspecified atom stereocenters. The van der Waals surface area contributed by atoms with Gasteiger partial charge in [-0.15, -0.1) is 0 Å². The molecule has 19 nitrogen and oxygen atoms in total. The van der Waals surface area contributed by atoms with E-state index < -0.39 is 141 Å². The highest BCUT2D eigenvalue weighted by atomic mass is 16.8. The molecule has 3 aliphatic heterocycles. The molecule has 0 aromatic carbocycles. The number of ether oxygens (including phenoxy) is 6. The van der Waals surface area contributed by atoms with Gasteiger partial charge in [0.05, 0.1) is 37.6 Å². The van der Waals surface area contributed by atoms with Crippen LogP contribution in [0.15, 0.2) is 11.6 Å². The average molecular weight is 961 g/mol. The SMILES string of the molecule is C[C@H](CC[C@@H](O[C@@H]1O[C@H](CO)[C@@H](O)[C@H](O)[C@H]1O[C@H]1O[C@@H](CO)[C@H](O)[C@@H](O)[C@@H]1O)C(C)(C)O)C1CC[C@@]2(C)C3CC=C4C(CC[C@H](O[C@@H]5O[C@H](CO)[C@@H](O)[C@H](O)[C@H]5O)C4(C)C)[C@]3(C)C(=O)C[C@]12C. The molecular formula is C48H80O19. The monoisotopic (exact) mass is 961 g/mol. The van der Waals surface area contributed by atoms with Crippen LogP contribution in [0, 0.1) is 45.3 Å². The van der Waals surface area contributed by atoms with Gasteiger partial charge in [-0.2, -0.15) is 0 Å². The summed E-state index contributed by atoms with van der Waals surface area (Å²) < 4.78 is 35.9. The highest BCUT2D eigenvalue weighted by molar-refractivity contribution is 5.88. The first-order chi connectivity index (χ1) is 31.2. The third-order valence-corrected chi connectivity index (χ3v) is 18.4. The van der Waals surface area contributed by atoms with Crippen LogP contribution in [0.1, 0.15) is 107 Å². The molecule has 0 spiro atoms. The van der Waals surface area contributed by atoms with E-state index in [1.807, 2.05) is 0 Å². The van der Waals surface area contributed by atoms with Gasteiger partial charge in [-0.1, -0.05) is 53.2 Å². The van der Waals surface area contributed by atoms with Crippen LogP contribution in [0.5, 0.6) is 0 Å². The van der Waals surface area contributed by atoms with Crippen molar-refractivity contribution in [3.05, 3.63) is 11.6 Å². The minimum absolute atomic E-state index is 0.0482. The first kappa shape index (κ1) is 53.5. The van der Waals surface area contributed by atoms with E-state index in [-0.39, 0.29) is 46.7 Å². The lowest BCUT2D eigenvalue weighted by molar-refractivity contribution is -0.375. The predicted molar refractivity (Wildman–Crippen MR) is 234 cm³/mol. The van der Waals surface area contributed by atoms with Gasteiger partial charge in [0.1, 0.15) is 79.0 Å². The molecule has 6 fully saturated rings. The number of allylic oxidation sites excluding steroid dienone is 1. The maximum atomic E-state index is 15.0. The number of rotatable bonds is 14.